The number of nitrogens with one attached hydrogen (secondary N) is 1. The van der Waals surface area contributed by atoms with Gasteiger partial charge in [-0.2, -0.15) is 0 Å². The van der Waals surface area contributed by atoms with Crippen LogP contribution < -0.4 is 5.32 Å². The number of rotatable bonds is 4. The van der Waals surface area contributed by atoms with Gasteiger partial charge in [0.05, 0.1) is 23.8 Å². The zero-order valence-corrected chi connectivity index (χ0v) is 12.4. The van der Waals surface area contributed by atoms with Crippen LogP contribution in [0.25, 0.3) is 0 Å². The number of aliphatic hydroxyl groups excluding tert-OH is 1. The predicted molar refractivity (Wildman–Crippen MR) is 80.8 cm³/mol. The first-order chi connectivity index (χ1) is 10.2. The van der Waals surface area contributed by atoms with E-state index in [1.165, 1.54) is 11.3 Å². The summed E-state index contributed by atoms with van der Waals surface area (Å²) < 4.78 is 0. The van der Waals surface area contributed by atoms with Crippen molar-refractivity contribution < 1.29 is 9.90 Å². The number of carbonyl (C=O) groups excluding carboxylic acids is 1. The van der Waals surface area contributed by atoms with Gasteiger partial charge in [-0.25, -0.2) is 4.98 Å². The Bertz CT molecular complexity index is 659. The van der Waals surface area contributed by atoms with Crippen molar-refractivity contribution in [2.45, 2.75) is 19.4 Å². The minimum absolute atomic E-state index is 0.00409. The van der Waals surface area contributed by atoms with E-state index in [9.17, 15) is 4.79 Å². The van der Waals surface area contributed by atoms with Crippen LogP contribution in [0.5, 0.6) is 0 Å². The Morgan fingerprint density at radius 2 is 2.38 bits per heavy atom. The molecule has 0 aromatic carbocycles. The molecule has 21 heavy (non-hydrogen) atoms. The van der Waals surface area contributed by atoms with Crippen LogP contribution in [-0.2, 0) is 0 Å². The van der Waals surface area contributed by atoms with Crippen molar-refractivity contribution in [3.63, 3.8) is 0 Å². The normalized spacial score (nSPS) is 11.3. The van der Waals surface area contributed by atoms with Gasteiger partial charge in [0.15, 0.2) is 0 Å². The number of thiazole rings is 1. The Morgan fingerprint density at radius 3 is 3.10 bits per heavy atom. The highest BCUT2D eigenvalue weighted by atomic mass is 32.1. The van der Waals surface area contributed by atoms with Crippen LogP contribution >= 0.6 is 11.3 Å². The maximum absolute atomic E-state index is 12.3. The van der Waals surface area contributed by atoms with Crippen molar-refractivity contribution >= 4 is 17.2 Å². The standard InChI is InChI=1S/C15H15N3O2S/c1-11(15-17-7-9-21-15)18-14(20)13-5-6-16-10-12(13)4-2-3-8-19/h5-7,9-11,19H,3,8H2,1H3,(H,18,20). The van der Waals surface area contributed by atoms with Gasteiger partial charge in [-0.05, 0) is 13.0 Å². The Balaban J connectivity index is 2.14. The maximum atomic E-state index is 12.3. The molecule has 6 heteroatoms. The van der Waals surface area contributed by atoms with E-state index in [0.29, 0.717) is 17.5 Å². The first-order valence-electron chi connectivity index (χ1n) is 6.46. The molecule has 0 spiro atoms. The summed E-state index contributed by atoms with van der Waals surface area (Å²) in [6.07, 6.45) is 5.18. The molecule has 0 aliphatic heterocycles. The summed E-state index contributed by atoms with van der Waals surface area (Å²) >= 11 is 1.50. The summed E-state index contributed by atoms with van der Waals surface area (Å²) in [6, 6.07) is 1.47. The third-order valence-electron chi connectivity index (χ3n) is 2.70. The molecule has 2 aromatic rings. The van der Waals surface area contributed by atoms with Gasteiger partial charge in [0.1, 0.15) is 5.01 Å². The fourth-order valence-electron chi connectivity index (χ4n) is 1.69. The number of hydrogen-bond donors (Lipinski definition) is 2. The van der Waals surface area contributed by atoms with Crippen molar-refractivity contribution in [1.29, 1.82) is 0 Å². The molecule has 0 aliphatic carbocycles. The molecule has 0 saturated heterocycles. The van der Waals surface area contributed by atoms with E-state index in [4.69, 9.17) is 5.11 Å². The summed E-state index contributed by atoms with van der Waals surface area (Å²) in [6.45, 7) is 1.88. The number of aliphatic hydroxyl groups is 1. The van der Waals surface area contributed by atoms with Crippen molar-refractivity contribution in [3.8, 4) is 11.8 Å². The van der Waals surface area contributed by atoms with E-state index in [1.807, 2.05) is 12.3 Å². The van der Waals surface area contributed by atoms with Crippen LogP contribution in [0.3, 0.4) is 0 Å². The van der Waals surface area contributed by atoms with Crippen LogP contribution in [0.4, 0.5) is 0 Å². The van der Waals surface area contributed by atoms with Crippen molar-refractivity contribution in [3.05, 3.63) is 46.2 Å². The van der Waals surface area contributed by atoms with Crippen LogP contribution in [0, 0.1) is 11.8 Å². The second kappa shape index (κ2) is 7.53. The summed E-state index contributed by atoms with van der Waals surface area (Å²) in [4.78, 5) is 20.5. The van der Waals surface area contributed by atoms with E-state index in [0.717, 1.165) is 5.01 Å². The van der Waals surface area contributed by atoms with E-state index < -0.39 is 0 Å². The quantitative estimate of drug-likeness (QED) is 0.844. The molecule has 1 unspecified atom stereocenters. The molecular weight excluding hydrogens is 286 g/mol. The predicted octanol–water partition coefficient (Wildman–Crippen LogP) is 1.76. The van der Waals surface area contributed by atoms with Crippen LogP contribution in [0.15, 0.2) is 30.0 Å². The molecule has 1 amide bonds. The third-order valence-corrected chi connectivity index (χ3v) is 3.65. The highest BCUT2D eigenvalue weighted by molar-refractivity contribution is 7.09. The SMILES string of the molecule is CC(NC(=O)c1ccncc1C#CCCO)c1nccs1. The maximum Gasteiger partial charge on any atom is 0.253 e. The van der Waals surface area contributed by atoms with Gasteiger partial charge < -0.3 is 10.4 Å². The first kappa shape index (κ1) is 15.2. The van der Waals surface area contributed by atoms with E-state index >= 15 is 0 Å². The number of hydrogen-bond acceptors (Lipinski definition) is 5. The average Bonchev–Trinajstić information content (AvgIpc) is 3.02. The van der Waals surface area contributed by atoms with Gasteiger partial charge >= 0.3 is 0 Å². The lowest BCUT2D eigenvalue weighted by atomic mass is 10.1. The smallest absolute Gasteiger partial charge is 0.253 e. The molecule has 2 N–H and O–H groups in total. The molecule has 2 heterocycles. The Labute approximate surface area is 127 Å². The van der Waals surface area contributed by atoms with Gasteiger partial charge in [-0.1, -0.05) is 11.8 Å². The molecule has 1 atom stereocenters. The van der Waals surface area contributed by atoms with Gasteiger partial charge in [-0.15, -0.1) is 11.3 Å². The lowest BCUT2D eigenvalue weighted by Crippen LogP contribution is -2.27. The highest BCUT2D eigenvalue weighted by Gasteiger charge is 2.15. The zero-order valence-electron chi connectivity index (χ0n) is 11.5. The second-order valence-electron chi connectivity index (χ2n) is 4.26. The zero-order chi connectivity index (χ0) is 15.1. The topological polar surface area (TPSA) is 75.1 Å². The Morgan fingerprint density at radius 1 is 1.52 bits per heavy atom. The van der Waals surface area contributed by atoms with Gasteiger partial charge in [-0.3, -0.25) is 9.78 Å². The first-order valence-corrected chi connectivity index (χ1v) is 7.34. The molecule has 0 aliphatic rings. The number of aromatic nitrogens is 2. The summed E-state index contributed by atoms with van der Waals surface area (Å²) in [5.41, 5.74) is 1.02. The average molecular weight is 301 g/mol. The van der Waals surface area contributed by atoms with Crippen LogP contribution in [-0.4, -0.2) is 27.6 Å². The monoisotopic (exact) mass is 301 g/mol. The molecule has 108 valence electrons. The Kier molecular flexibility index (Phi) is 5.43. The van der Waals surface area contributed by atoms with Crippen LogP contribution in [0.2, 0.25) is 0 Å². The molecule has 5 nitrogen and oxygen atoms in total. The molecular formula is C15H15N3O2S. The largest absolute Gasteiger partial charge is 0.395 e. The fourth-order valence-corrected chi connectivity index (χ4v) is 2.34. The number of pyridine rings is 1. The molecule has 2 aromatic heterocycles. The van der Waals surface area contributed by atoms with E-state index in [2.05, 4.69) is 27.1 Å². The van der Waals surface area contributed by atoms with Crippen molar-refractivity contribution in [2.75, 3.05) is 6.61 Å². The summed E-state index contributed by atoms with van der Waals surface area (Å²) in [7, 11) is 0. The minimum Gasteiger partial charge on any atom is -0.395 e. The molecule has 0 fully saturated rings. The van der Waals surface area contributed by atoms with Crippen molar-refractivity contribution in [1.82, 2.24) is 15.3 Å². The number of nitrogens with zero attached hydrogens (tertiary/aromatic N) is 2. The molecule has 0 radical (unpaired) electrons. The number of carbonyl (C=O) groups is 1. The molecule has 0 bridgehead atoms. The fraction of sp³-hybridized carbons (Fsp3) is 0.267. The minimum atomic E-state index is -0.214. The highest BCUT2D eigenvalue weighted by Crippen LogP contribution is 2.16. The Hall–Kier alpha value is -2.23. The van der Waals surface area contributed by atoms with E-state index in [1.54, 1.807) is 24.7 Å². The summed E-state index contributed by atoms with van der Waals surface area (Å²) in [5.74, 6) is 5.44. The lowest BCUT2D eigenvalue weighted by molar-refractivity contribution is 0.0939. The number of amides is 1. The van der Waals surface area contributed by atoms with Gasteiger partial charge in [0, 0.05) is 30.4 Å². The summed E-state index contributed by atoms with van der Waals surface area (Å²) in [5, 5.41) is 14.4. The third kappa shape index (κ3) is 4.12. The molecule has 0 saturated carbocycles. The van der Waals surface area contributed by atoms with Gasteiger partial charge in [0.25, 0.3) is 5.91 Å². The second-order valence-corrected chi connectivity index (χ2v) is 5.19. The lowest BCUT2D eigenvalue weighted by Gasteiger charge is -2.12. The van der Waals surface area contributed by atoms with Crippen LogP contribution in [0.1, 0.15) is 40.3 Å². The van der Waals surface area contributed by atoms with E-state index in [-0.39, 0.29) is 18.6 Å². The van der Waals surface area contributed by atoms with Crippen molar-refractivity contribution in [2.24, 2.45) is 0 Å². The molecule has 2 rings (SSSR count). The van der Waals surface area contributed by atoms with Gasteiger partial charge in [0.2, 0.25) is 0 Å².